The lowest BCUT2D eigenvalue weighted by molar-refractivity contribution is 0.259. The highest BCUT2D eigenvalue weighted by Crippen LogP contribution is 2.38. The molecule has 5 heteroatoms. The number of rotatable bonds is 6. The first-order chi connectivity index (χ1) is 11.3. The van der Waals surface area contributed by atoms with Crippen LogP contribution in [0.1, 0.15) is 70.1 Å². The Hall–Kier alpha value is -1.42. The lowest BCUT2D eigenvalue weighted by Gasteiger charge is -2.26. The van der Waals surface area contributed by atoms with E-state index in [4.69, 9.17) is 16.1 Å². The van der Waals surface area contributed by atoms with Gasteiger partial charge in [0.2, 0.25) is 11.7 Å². The number of hydrogen-bond donors (Lipinski definition) is 0. The van der Waals surface area contributed by atoms with E-state index in [1.54, 1.807) is 12.4 Å². The van der Waals surface area contributed by atoms with Crippen molar-refractivity contribution in [3.63, 3.8) is 0 Å². The van der Waals surface area contributed by atoms with Gasteiger partial charge in [-0.2, -0.15) is 4.98 Å². The molecule has 23 heavy (non-hydrogen) atoms. The molecule has 1 aliphatic rings. The van der Waals surface area contributed by atoms with Crippen LogP contribution in [0.5, 0.6) is 0 Å². The highest BCUT2D eigenvalue weighted by Gasteiger charge is 2.26. The molecule has 1 saturated carbocycles. The zero-order valence-corrected chi connectivity index (χ0v) is 14.4. The third-order valence-corrected chi connectivity index (χ3v) is 5.17. The zero-order chi connectivity index (χ0) is 16.1. The summed E-state index contributed by atoms with van der Waals surface area (Å²) >= 11 is 6.15. The van der Waals surface area contributed by atoms with Gasteiger partial charge < -0.3 is 4.52 Å². The zero-order valence-electron chi connectivity index (χ0n) is 13.7. The Morgan fingerprint density at radius 3 is 2.78 bits per heavy atom. The van der Waals surface area contributed by atoms with Crippen molar-refractivity contribution in [3.8, 4) is 11.4 Å². The Morgan fingerprint density at radius 1 is 1.22 bits per heavy atom. The van der Waals surface area contributed by atoms with E-state index in [0.717, 1.165) is 30.2 Å². The summed E-state index contributed by atoms with van der Waals surface area (Å²) in [6, 6.07) is 1.82. The third-order valence-electron chi connectivity index (χ3n) is 4.87. The molecule has 1 fully saturated rings. The van der Waals surface area contributed by atoms with Gasteiger partial charge >= 0.3 is 0 Å². The molecule has 0 amide bonds. The van der Waals surface area contributed by atoms with Gasteiger partial charge in [0.15, 0.2) is 0 Å². The number of halogens is 1. The quantitative estimate of drug-likeness (QED) is 0.642. The van der Waals surface area contributed by atoms with Gasteiger partial charge in [0, 0.05) is 23.9 Å². The molecule has 1 aliphatic carbocycles. The van der Waals surface area contributed by atoms with Crippen LogP contribution in [0.25, 0.3) is 11.4 Å². The van der Waals surface area contributed by atoms with E-state index in [9.17, 15) is 0 Å². The van der Waals surface area contributed by atoms with Crippen molar-refractivity contribution in [1.82, 2.24) is 15.1 Å². The van der Waals surface area contributed by atoms with Gasteiger partial charge in [-0.05, 0) is 37.7 Å². The molecule has 2 aromatic heterocycles. The molecular weight excluding hydrogens is 310 g/mol. The Kier molecular flexibility index (Phi) is 5.65. The molecule has 2 heterocycles. The van der Waals surface area contributed by atoms with Crippen LogP contribution >= 0.6 is 11.6 Å². The summed E-state index contributed by atoms with van der Waals surface area (Å²) in [4.78, 5) is 8.56. The summed E-state index contributed by atoms with van der Waals surface area (Å²) in [5.41, 5.74) is 0.782. The predicted molar refractivity (Wildman–Crippen MR) is 91.4 cm³/mol. The van der Waals surface area contributed by atoms with Gasteiger partial charge in [-0.15, -0.1) is 0 Å². The fraction of sp³-hybridized carbons (Fsp3) is 0.611. The fourth-order valence-corrected chi connectivity index (χ4v) is 3.65. The molecule has 0 bridgehead atoms. The average Bonchev–Trinajstić information content (AvgIpc) is 3.06. The molecule has 0 N–H and O–H groups in total. The van der Waals surface area contributed by atoms with Crippen LogP contribution in [0.4, 0.5) is 0 Å². The molecule has 0 atom stereocenters. The van der Waals surface area contributed by atoms with Crippen molar-refractivity contribution in [2.24, 2.45) is 5.92 Å². The van der Waals surface area contributed by atoms with E-state index in [2.05, 4.69) is 22.0 Å². The maximum absolute atomic E-state index is 6.15. The number of hydrogen-bond acceptors (Lipinski definition) is 4. The Balaban J connectivity index is 1.59. The van der Waals surface area contributed by atoms with Crippen LogP contribution in [0, 0.1) is 5.92 Å². The van der Waals surface area contributed by atoms with Crippen molar-refractivity contribution < 1.29 is 4.52 Å². The fourth-order valence-electron chi connectivity index (χ4n) is 3.45. The lowest BCUT2D eigenvalue weighted by Crippen LogP contribution is -2.13. The van der Waals surface area contributed by atoms with E-state index in [1.807, 2.05) is 6.07 Å². The molecule has 0 spiro atoms. The minimum absolute atomic E-state index is 0.402. The highest BCUT2D eigenvalue weighted by atomic mass is 35.5. The molecule has 2 aromatic rings. The van der Waals surface area contributed by atoms with E-state index >= 15 is 0 Å². The van der Waals surface area contributed by atoms with Crippen LogP contribution < -0.4 is 0 Å². The first kappa shape index (κ1) is 16.4. The SMILES string of the molecule is CCCCCC1CCC(c2nc(-c3ccncc3Cl)no2)CC1. The second-order valence-corrected chi connectivity index (χ2v) is 6.93. The van der Waals surface area contributed by atoms with Gasteiger partial charge in [0.05, 0.1) is 5.02 Å². The Labute approximate surface area is 142 Å². The maximum atomic E-state index is 6.15. The summed E-state index contributed by atoms with van der Waals surface area (Å²) in [6.45, 7) is 2.26. The normalized spacial score (nSPS) is 21.5. The van der Waals surface area contributed by atoms with Gasteiger partial charge in [0.1, 0.15) is 0 Å². The second-order valence-electron chi connectivity index (χ2n) is 6.53. The lowest BCUT2D eigenvalue weighted by atomic mass is 9.79. The summed E-state index contributed by atoms with van der Waals surface area (Å²) < 4.78 is 5.51. The number of aromatic nitrogens is 3. The molecule has 0 unspecified atom stereocenters. The summed E-state index contributed by atoms with van der Waals surface area (Å²) in [5, 5.41) is 4.66. The van der Waals surface area contributed by atoms with Crippen molar-refractivity contribution in [1.29, 1.82) is 0 Å². The molecule has 0 saturated heterocycles. The number of nitrogens with zero attached hydrogens (tertiary/aromatic N) is 3. The number of pyridine rings is 1. The van der Waals surface area contributed by atoms with E-state index in [-0.39, 0.29) is 0 Å². The molecule has 124 valence electrons. The van der Waals surface area contributed by atoms with Crippen molar-refractivity contribution in [3.05, 3.63) is 29.4 Å². The topological polar surface area (TPSA) is 51.8 Å². The first-order valence-corrected chi connectivity index (χ1v) is 9.09. The first-order valence-electron chi connectivity index (χ1n) is 8.71. The van der Waals surface area contributed by atoms with Gasteiger partial charge in [0.25, 0.3) is 0 Å². The van der Waals surface area contributed by atoms with Crippen molar-refractivity contribution in [2.45, 2.75) is 64.2 Å². The molecular formula is C18H24ClN3O. The van der Waals surface area contributed by atoms with Gasteiger partial charge in [-0.3, -0.25) is 4.98 Å². The minimum Gasteiger partial charge on any atom is -0.339 e. The molecule has 3 rings (SSSR count). The van der Waals surface area contributed by atoms with E-state index < -0.39 is 0 Å². The summed E-state index contributed by atoms with van der Waals surface area (Å²) in [5.74, 6) is 2.62. The Bertz CT molecular complexity index is 620. The smallest absolute Gasteiger partial charge is 0.230 e. The molecule has 0 radical (unpaired) electrons. The number of unbranched alkanes of at least 4 members (excludes halogenated alkanes) is 2. The largest absolute Gasteiger partial charge is 0.339 e. The van der Waals surface area contributed by atoms with Crippen LogP contribution in [0.3, 0.4) is 0 Å². The molecule has 0 aliphatic heterocycles. The summed E-state index contributed by atoms with van der Waals surface area (Å²) in [7, 11) is 0. The third kappa shape index (κ3) is 4.11. The standard InChI is InChI=1S/C18H24ClN3O/c1-2-3-4-5-13-6-8-14(9-7-13)18-21-17(22-23-18)15-10-11-20-12-16(15)19/h10-14H,2-9H2,1H3. The van der Waals surface area contributed by atoms with Crippen LogP contribution in [0.15, 0.2) is 23.0 Å². The van der Waals surface area contributed by atoms with Crippen molar-refractivity contribution in [2.75, 3.05) is 0 Å². The van der Waals surface area contributed by atoms with Crippen LogP contribution in [-0.4, -0.2) is 15.1 Å². The molecule has 4 nitrogen and oxygen atoms in total. The van der Waals surface area contributed by atoms with Crippen LogP contribution in [0.2, 0.25) is 5.02 Å². The second kappa shape index (κ2) is 7.91. The Morgan fingerprint density at radius 2 is 2.04 bits per heavy atom. The van der Waals surface area contributed by atoms with E-state index in [0.29, 0.717) is 16.8 Å². The van der Waals surface area contributed by atoms with Crippen LogP contribution in [-0.2, 0) is 0 Å². The highest BCUT2D eigenvalue weighted by molar-refractivity contribution is 6.33. The monoisotopic (exact) mass is 333 g/mol. The molecule has 0 aromatic carbocycles. The van der Waals surface area contributed by atoms with Gasteiger partial charge in [-0.1, -0.05) is 49.4 Å². The van der Waals surface area contributed by atoms with Crippen molar-refractivity contribution >= 4 is 11.6 Å². The average molecular weight is 334 g/mol. The summed E-state index contributed by atoms with van der Waals surface area (Å²) in [6.07, 6.45) is 13.6. The van der Waals surface area contributed by atoms with E-state index in [1.165, 1.54) is 38.5 Å². The predicted octanol–water partition coefficient (Wildman–Crippen LogP) is 5.64. The maximum Gasteiger partial charge on any atom is 0.230 e. The van der Waals surface area contributed by atoms with Gasteiger partial charge in [-0.25, -0.2) is 0 Å². The minimum atomic E-state index is 0.402.